The number of carbonyl (C=O) groups excluding carboxylic acids is 3. The summed E-state index contributed by atoms with van der Waals surface area (Å²) < 4.78 is 4.68. The van der Waals surface area contributed by atoms with Crippen LogP contribution < -0.4 is 10.6 Å². The number of nitrogens with zero attached hydrogens (tertiary/aromatic N) is 1. The summed E-state index contributed by atoms with van der Waals surface area (Å²) in [6, 6.07) is 3.43. The molecule has 0 fully saturated rings. The lowest BCUT2D eigenvalue weighted by Crippen LogP contribution is -2.38. The number of amides is 2. The van der Waals surface area contributed by atoms with Crippen LogP contribution in [-0.2, 0) is 14.3 Å². The number of nitro benzene ring substituents is 1. The third kappa shape index (κ3) is 5.91. The van der Waals surface area contributed by atoms with Crippen molar-refractivity contribution in [1.29, 1.82) is 0 Å². The summed E-state index contributed by atoms with van der Waals surface area (Å²) in [6.07, 6.45) is 0. The lowest BCUT2D eigenvalue weighted by Gasteiger charge is -2.07. The lowest BCUT2D eigenvalue weighted by atomic mass is 10.2. The number of rotatable bonds is 7. The maximum Gasteiger partial charge on any atom is 0.345 e. The number of halogens is 1. The Hall–Kier alpha value is -2.68. The van der Waals surface area contributed by atoms with Crippen molar-refractivity contribution in [3.8, 4) is 0 Å². The summed E-state index contributed by atoms with van der Waals surface area (Å²) in [6.45, 7) is 1.22. The van der Waals surface area contributed by atoms with Crippen molar-refractivity contribution in [3.63, 3.8) is 0 Å². The summed E-state index contributed by atoms with van der Waals surface area (Å²) in [4.78, 5) is 44.5. The first-order valence-electron chi connectivity index (χ1n) is 6.49. The Morgan fingerprint density at radius 3 is 2.57 bits per heavy atom. The molecule has 23 heavy (non-hydrogen) atoms. The highest BCUT2D eigenvalue weighted by atomic mass is 35.5. The molecule has 0 saturated carbocycles. The number of carbonyl (C=O) groups is 3. The maximum absolute atomic E-state index is 11.8. The van der Waals surface area contributed by atoms with E-state index < -0.39 is 29.1 Å². The van der Waals surface area contributed by atoms with Gasteiger partial charge in [-0.15, -0.1) is 0 Å². The number of ether oxygens (including phenoxy) is 1. The molecule has 0 heterocycles. The van der Waals surface area contributed by atoms with Crippen LogP contribution in [0.4, 0.5) is 5.69 Å². The largest absolute Gasteiger partial charge is 0.452 e. The SMILES string of the molecule is CCNC(=O)CNC(=O)COC(=O)c1ccc(Cl)cc1[N+](=O)[O-]. The molecule has 0 aliphatic rings. The Balaban J connectivity index is 2.59. The second-order valence-electron chi connectivity index (χ2n) is 4.22. The average Bonchev–Trinajstić information content (AvgIpc) is 2.50. The third-order valence-electron chi connectivity index (χ3n) is 2.53. The Kier molecular flexibility index (Phi) is 6.94. The minimum atomic E-state index is -1.04. The van der Waals surface area contributed by atoms with Gasteiger partial charge >= 0.3 is 5.97 Å². The Labute approximate surface area is 136 Å². The standard InChI is InChI=1S/C13H14ClN3O6/c1-2-15-11(18)6-16-12(19)7-23-13(20)9-4-3-8(14)5-10(9)17(21)22/h3-5H,2,6-7H2,1H3,(H,15,18)(H,16,19). The van der Waals surface area contributed by atoms with E-state index in [0.717, 1.165) is 12.1 Å². The van der Waals surface area contributed by atoms with Crippen molar-refractivity contribution < 1.29 is 24.0 Å². The summed E-state index contributed by atoms with van der Waals surface area (Å²) in [5, 5.41) is 15.7. The topological polar surface area (TPSA) is 128 Å². The Bertz CT molecular complexity index is 634. The molecular formula is C13H14ClN3O6. The molecular weight excluding hydrogens is 330 g/mol. The van der Waals surface area contributed by atoms with Gasteiger partial charge in [0, 0.05) is 17.6 Å². The van der Waals surface area contributed by atoms with Gasteiger partial charge in [-0.05, 0) is 19.1 Å². The van der Waals surface area contributed by atoms with Crippen LogP contribution in [0.5, 0.6) is 0 Å². The molecule has 0 unspecified atom stereocenters. The van der Waals surface area contributed by atoms with E-state index in [0.29, 0.717) is 6.54 Å². The van der Waals surface area contributed by atoms with Gasteiger partial charge in [-0.2, -0.15) is 0 Å². The number of nitro groups is 1. The highest BCUT2D eigenvalue weighted by Crippen LogP contribution is 2.23. The highest BCUT2D eigenvalue weighted by molar-refractivity contribution is 6.31. The van der Waals surface area contributed by atoms with E-state index >= 15 is 0 Å². The zero-order chi connectivity index (χ0) is 17.4. The van der Waals surface area contributed by atoms with Crippen molar-refractivity contribution in [2.24, 2.45) is 0 Å². The van der Waals surface area contributed by atoms with Crippen molar-refractivity contribution in [1.82, 2.24) is 10.6 Å². The molecule has 0 radical (unpaired) electrons. The molecule has 0 atom stereocenters. The number of benzene rings is 1. The predicted molar refractivity (Wildman–Crippen MR) is 80.1 cm³/mol. The first kappa shape index (κ1) is 18.4. The molecule has 0 aromatic heterocycles. The second-order valence-corrected chi connectivity index (χ2v) is 4.66. The van der Waals surface area contributed by atoms with Gasteiger partial charge in [0.05, 0.1) is 11.5 Å². The normalized spacial score (nSPS) is 9.83. The van der Waals surface area contributed by atoms with Crippen LogP contribution in [0.3, 0.4) is 0 Å². The van der Waals surface area contributed by atoms with Crippen LogP contribution in [0.1, 0.15) is 17.3 Å². The summed E-state index contributed by atoms with van der Waals surface area (Å²) in [5.41, 5.74) is -0.846. The molecule has 0 bridgehead atoms. The van der Waals surface area contributed by atoms with E-state index in [1.54, 1.807) is 6.92 Å². The molecule has 2 amide bonds. The van der Waals surface area contributed by atoms with Crippen molar-refractivity contribution >= 4 is 35.1 Å². The number of esters is 1. The van der Waals surface area contributed by atoms with Crippen LogP contribution in [-0.4, -0.2) is 42.4 Å². The van der Waals surface area contributed by atoms with E-state index in [1.165, 1.54) is 6.07 Å². The Morgan fingerprint density at radius 1 is 1.26 bits per heavy atom. The number of hydrogen-bond acceptors (Lipinski definition) is 6. The van der Waals surface area contributed by atoms with Crippen molar-refractivity contribution in [3.05, 3.63) is 38.9 Å². The van der Waals surface area contributed by atoms with E-state index in [9.17, 15) is 24.5 Å². The Morgan fingerprint density at radius 2 is 1.96 bits per heavy atom. The summed E-state index contributed by atoms with van der Waals surface area (Å²) >= 11 is 5.63. The molecule has 9 nitrogen and oxygen atoms in total. The second kappa shape index (κ2) is 8.69. The molecule has 0 saturated heterocycles. The van der Waals surface area contributed by atoms with Gasteiger partial charge in [-0.3, -0.25) is 19.7 Å². The van der Waals surface area contributed by atoms with Gasteiger partial charge in [0.15, 0.2) is 6.61 Å². The van der Waals surface area contributed by atoms with Gasteiger partial charge in [0.1, 0.15) is 5.56 Å². The number of likely N-dealkylation sites (N-methyl/N-ethyl adjacent to an activating group) is 1. The van der Waals surface area contributed by atoms with Gasteiger partial charge in [-0.1, -0.05) is 11.6 Å². The van der Waals surface area contributed by atoms with E-state index in [4.69, 9.17) is 11.6 Å². The predicted octanol–water partition coefficient (Wildman–Crippen LogP) is 0.657. The molecule has 0 aliphatic carbocycles. The van der Waals surface area contributed by atoms with Crippen molar-refractivity contribution in [2.45, 2.75) is 6.92 Å². The van der Waals surface area contributed by atoms with Gasteiger partial charge in [0.2, 0.25) is 5.91 Å². The maximum atomic E-state index is 11.8. The van der Waals surface area contributed by atoms with E-state index in [2.05, 4.69) is 15.4 Å². The van der Waals surface area contributed by atoms with Gasteiger partial charge < -0.3 is 15.4 Å². The van der Waals surface area contributed by atoms with Crippen LogP contribution >= 0.6 is 11.6 Å². The molecule has 10 heteroatoms. The first-order valence-corrected chi connectivity index (χ1v) is 6.87. The molecule has 1 aromatic carbocycles. The quantitative estimate of drug-likeness (QED) is 0.425. The highest BCUT2D eigenvalue weighted by Gasteiger charge is 2.22. The average molecular weight is 344 g/mol. The van der Waals surface area contributed by atoms with Gasteiger partial charge in [0.25, 0.3) is 11.6 Å². The van der Waals surface area contributed by atoms with E-state index in [1.807, 2.05) is 0 Å². The van der Waals surface area contributed by atoms with Crippen molar-refractivity contribution in [2.75, 3.05) is 19.7 Å². The summed E-state index contributed by atoms with van der Waals surface area (Å²) in [5.74, 6) is -2.14. The van der Waals surface area contributed by atoms with Crippen LogP contribution in [0.15, 0.2) is 18.2 Å². The summed E-state index contributed by atoms with van der Waals surface area (Å²) in [7, 11) is 0. The zero-order valence-electron chi connectivity index (χ0n) is 12.1. The molecule has 0 spiro atoms. The zero-order valence-corrected chi connectivity index (χ0v) is 12.9. The molecule has 0 aliphatic heterocycles. The van der Waals surface area contributed by atoms with E-state index in [-0.39, 0.29) is 23.0 Å². The fourth-order valence-corrected chi connectivity index (χ4v) is 1.69. The van der Waals surface area contributed by atoms with Gasteiger partial charge in [-0.25, -0.2) is 4.79 Å². The fourth-order valence-electron chi connectivity index (χ4n) is 1.53. The first-order chi connectivity index (χ1) is 10.8. The smallest absolute Gasteiger partial charge is 0.345 e. The van der Waals surface area contributed by atoms with Crippen LogP contribution in [0, 0.1) is 10.1 Å². The lowest BCUT2D eigenvalue weighted by molar-refractivity contribution is -0.385. The molecule has 1 rings (SSSR count). The van der Waals surface area contributed by atoms with Crippen LogP contribution in [0.25, 0.3) is 0 Å². The number of nitrogens with one attached hydrogen (secondary N) is 2. The minimum Gasteiger partial charge on any atom is -0.452 e. The molecule has 124 valence electrons. The number of hydrogen-bond donors (Lipinski definition) is 2. The van der Waals surface area contributed by atoms with Crippen LogP contribution in [0.2, 0.25) is 5.02 Å². The molecule has 1 aromatic rings. The minimum absolute atomic E-state index is 0.0907. The fraction of sp³-hybridized carbons (Fsp3) is 0.308. The molecule has 2 N–H and O–H groups in total. The third-order valence-corrected chi connectivity index (χ3v) is 2.77. The monoisotopic (exact) mass is 343 g/mol.